The largest absolute Gasteiger partial charge is 0.492 e. The molecule has 5 rings (SSSR count). The average Bonchev–Trinajstić information content (AvgIpc) is 3.45. The Balaban J connectivity index is 1.48. The summed E-state index contributed by atoms with van der Waals surface area (Å²) >= 11 is 0. The van der Waals surface area contributed by atoms with Crippen LogP contribution in [0.3, 0.4) is 0 Å². The van der Waals surface area contributed by atoms with Crippen molar-refractivity contribution in [2.75, 3.05) is 24.0 Å². The zero-order chi connectivity index (χ0) is 22.8. The summed E-state index contributed by atoms with van der Waals surface area (Å²) in [5.41, 5.74) is 1.61. The molecule has 2 heterocycles. The number of carbonyl (C=O) groups is 2. The molecule has 0 saturated heterocycles. The van der Waals surface area contributed by atoms with Gasteiger partial charge in [-0.25, -0.2) is 0 Å². The third-order valence-electron chi connectivity index (χ3n) is 5.11. The summed E-state index contributed by atoms with van der Waals surface area (Å²) in [6, 6.07) is 19.1. The van der Waals surface area contributed by atoms with Crippen molar-refractivity contribution in [2.24, 2.45) is 0 Å². The maximum absolute atomic E-state index is 13.2. The quantitative estimate of drug-likeness (QED) is 0.431. The lowest BCUT2D eigenvalue weighted by Gasteiger charge is -2.11. The van der Waals surface area contributed by atoms with Crippen LogP contribution >= 0.6 is 0 Å². The molecule has 33 heavy (non-hydrogen) atoms. The molecule has 1 aliphatic heterocycles. The Morgan fingerprint density at radius 3 is 2.58 bits per heavy atom. The highest BCUT2D eigenvalue weighted by Crippen LogP contribution is 2.35. The number of carbonyl (C=O) groups excluding carboxylic acids is 2. The molecule has 0 radical (unpaired) electrons. The summed E-state index contributed by atoms with van der Waals surface area (Å²) in [5, 5.41) is 6.25. The molecule has 0 atom stereocenters. The van der Waals surface area contributed by atoms with Gasteiger partial charge >= 0.3 is 0 Å². The van der Waals surface area contributed by atoms with Gasteiger partial charge in [-0.3, -0.25) is 9.59 Å². The first kappa shape index (κ1) is 20.4. The second kappa shape index (κ2) is 8.58. The van der Waals surface area contributed by atoms with Crippen molar-refractivity contribution in [1.29, 1.82) is 0 Å². The van der Waals surface area contributed by atoms with E-state index in [2.05, 4.69) is 10.6 Å². The number of nitrogens with one attached hydrogen (secondary N) is 2. The van der Waals surface area contributed by atoms with Gasteiger partial charge in [0, 0.05) is 10.9 Å². The predicted octanol–water partition coefficient (Wildman–Crippen LogP) is 5.06. The molecule has 0 spiro atoms. The summed E-state index contributed by atoms with van der Waals surface area (Å²) in [5.74, 6) is 0.661. The Bertz CT molecular complexity index is 1360. The first-order valence-electron chi connectivity index (χ1n) is 10.4. The van der Waals surface area contributed by atoms with Gasteiger partial charge in [0.05, 0.1) is 12.3 Å². The van der Waals surface area contributed by atoms with Crippen LogP contribution in [0, 0.1) is 0 Å². The van der Waals surface area contributed by atoms with Crippen molar-refractivity contribution in [3.05, 3.63) is 78.1 Å². The molecule has 0 aliphatic carbocycles. The molecule has 2 amide bonds. The Labute approximate surface area is 189 Å². The van der Waals surface area contributed by atoms with Crippen molar-refractivity contribution < 1.29 is 28.2 Å². The maximum atomic E-state index is 13.2. The van der Waals surface area contributed by atoms with Gasteiger partial charge in [-0.2, -0.15) is 0 Å². The normalized spacial score (nSPS) is 11.9. The van der Waals surface area contributed by atoms with E-state index in [0.717, 1.165) is 0 Å². The number of fused-ring (bicyclic) bond motifs is 2. The van der Waals surface area contributed by atoms with Gasteiger partial charge < -0.3 is 29.3 Å². The second-order valence-electron chi connectivity index (χ2n) is 7.21. The van der Waals surface area contributed by atoms with E-state index in [1.54, 1.807) is 60.7 Å². The fourth-order valence-electron chi connectivity index (χ4n) is 3.58. The summed E-state index contributed by atoms with van der Waals surface area (Å²) in [4.78, 5) is 26.2. The van der Waals surface area contributed by atoms with E-state index in [-0.39, 0.29) is 18.2 Å². The minimum Gasteiger partial charge on any atom is -0.492 e. The Kier molecular flexibility index (Phi) is 5.32. The van der Waals surface area contributed by atoms with Crippen LogP contribution in [-0.2, 0) is 0 Å². The van der Waals surface area contributed by atoms with Crippen LogP contribution in [0.1, 0.15) is 27.8 Å². The highest BCUT2D eigenvalue weighted by Gasteiger charge is 2.24. The molecule has 0 unspecified atom stereocenters. The molecular weight excluding hydrogens is 424 g/mol. The molecule has 4 aromatic rings. The van der Waals surface area contributed by atoms with Crippen LogP contribution in [0.4, 0.5) is 11.4 Å². The lowest BCUT2D eigenvalue weighted by atomic mass is 10.1. The van der Waals surface area contributed by atoms with E-state index in [4.69, 9.17) is 18.6 Å². The smallest absolute Gasteiger partial charge is 0.293 e. The summed E-state index contributed by atoms with van der Waals surface area (Å²) in [6.45, 7) is 2.43. The van der Waals surface area contributed by atoms with Crippen molar-refractivity contribution in [2.45, 2.75) is 6.92 Å². The van der Waals surface area contributed by atoms with Gasteiger partial charge in [-0.1, -0.05) is 24.3 Å². The Morgan fingerprint density at radius 2 is 1.70 bits per heavy atom. The lowest BCUT2D eigenvalue weighted by molar-refractivity contribution is 0.0999. The molecule has 166 valence electrons. The number of furan rings is 1. The monoisotopic (exact) mass is 444 g/mol. The van der Waals surface area contributed by atoms with Crippen molar-refractivity contribution >= 4 is 34.2 Å². The SMILES string of the molecule is CCOc1ccccc1NC(=O)c1oc2ccccc2c1NC(=O)c1ccc2c(c1)OCO2. The third-order valence-corrected chi connectivity index (χ3v) is 5.11. The fraction of sp³-hybridized carbons (Fsp3) is 0.120. The fourth-order valence-corrected chi connectivity index (χ4v) is 3.58. The predicted molar refractivity (Wildman–Crippen MR) is 122 cm³/mol. The van der Waals surface area contributed by atoms with Crippen molar-refractivity contribution in [3.8, 4) is 17.2 Å². The van der Waals surface area contributed by atoms with Crippen LogP contribution in [0.5, 0.6) is 17.2 Å². The number of ether oxygens (including phenoxy) is 3. The molecule has 3 aromatic carbocycles. The highest BCUT2D eigenvalue weighted by molar-refractivity contribution is 6.17. The standard InChI is InChI=1S/C25H20N2O6/c1-2-30-19-10-6-4-8-17(19)26-25(29)23-22(16-7-3-5-9-18(16)33-23)27-24(28)15-11-12-20-21(13-15)32-14-31-20/h3-13H,2,14H2,1H3,(H,26,29)(H,27,28). The number of hydrogen-bond donors (Lipinski definition) is 2. The summed E-state index contributed by atoms with van der Waals surface area (Å²) in [6.07, 6.45) is 0. The van der Waals surface area contributed by atoms with Gasteiger partial charge in [0.2, 0.25) is 12.6 Å². The van der Waals surface area contributed by atoms with Gasteiger partial charge in [-0.05, 0) is 49.4 Å². The first-order valence-corrected chi connectivity index (χ1v) is 10.4. The third kappa shape index (κ3) is 3.94. The molecular formula is C25H20N2O6. The van der Waals surface area contributed by atoms with E-state index in [1.807, 2.05) is 13.0 Å². The summed E-state index contributed by atoms with van der Waals surface area (Å²) in [7, 11) is 0. The van der Waals surface area contributed by atoms with E-state index in [1.165, 1.54) is 0 Å². The Morgan fingerprint density at radius 1 is 0.909 bits per heavy atom. The number of amides is 2. The van der Waals surface area contributed by atoms with Crippen molar-refractivity contribution in [1.82, 2.24) is 0 Å². The molecule has 8 heteroatoms. The maximum Gasteiger partial charge on any atom is 0.293 e. The van der Waals surface area contributed by atoms with Crippen LogP contribution < -0.4 is 24.8 Å². The second-order valence-corrected chi connectivity index (χ2v) is 7.21. The number of anilines is 2. The van der Waals surface area contributed by atoms with Gasteiger partial charge in [-0.15, -0.1) is 0 Å². The molecule has 1 aromatic heterocycles. The minimum atomic E-state index is -0.515. The van der Waals surface area contributed by atoms with Crippen LogP contribution in [0.25, 0.3) is 11.0 Å². The summed E-state index contributed by atoms with van der Waals surface area (Å²) < 4.78 is 22.1. The number of para-hydroxylation sites is 3. The van der Waals surface area contributed by atoms with Crippen LogP contribution in [-0.4, -0.2) is 25.2 Å². The number of rotatable bonds is 6. The highest BCUT2D eigenvalue weighted by atomic mass is 16.7. The zero-order valence-electron chi connectivity index (χ0n) is 17.7. The average molecular weight is 444 g/mol. The first-order chi connectivity index (χ1) is 16.1. The topological polar surface area (TPSA) is 99.0 Å². The van der Waals surface area contributed by atoms with Gasteiger partial charge in [0.25, 0.3) is 11.8 Å². The minimum absolute atomic E-state index is 0.0170. The molecule has 0 bridgehead atoms. The van der Waals surface area contributed by atoms with Crippen molar-refractivity contribution in [3.63, 3.8) is 0 Å². The van der Waals surface area contributed by atoms with E-state index >= 15 is 0 Å². The Hall–Kier alpha value is -4.46. The molecule has 8 nitrogen and oxygen atoms in total. The van der Waals surface area contributed by atoms with E-state index in [0.29, 0.717) is 46.1 Å². The van der Waals surface area contributed by atoms with E-state index in [9.17, 15) is 9.59 Å². The molecule has 1 aliphatic rings. The van der Waals surface area contributed by atoms with Gasteiger partial charge in [0.1, 0.15) is 17.0 Å². The lowest BCUT2D eigenvalue weighted by Crippen LogP contribution is -2.17. The van der Waals surface area contributed by atoms with Crippen LogP contribution in [0.15, 0.2) is 71.1 Å². The van der Waals surface area contributed by atoms with Gasteiger partial charge in [0.15, 0.2) is 11.5 Å². The molecule has 0 fully saturated rings. The van der Waals surface area contributed by atoms with Crippen LogP contribution in [0.2, 0.25) is 0 Å². The zero-order valence-corrected chi connectivity index (χ0v) is 17.7. The number of hydrogen-bond acceptors (Lipinski definition) is 6. The molecule has 2 N–H and O–H groups in total. The molecule has 0 saturated carbocycles. The number of benzene rings is 3. The van der Waals surface area contributed by atoms with E-state index < -0.39 is 11.8 Å².